The fourth-order valence-electron chi connectivity index (χ4n) is 4.55. The van der Waals surface area contributed by atoms with Crippen molar-refractivity contribution in [2.24, 2.45) is 5.41 Å². The highest BCUT2D eigenvalue weighted by atomic mass is 16.3. The van der Waals surface area contributed by atoms with Crippen LogP contribution in [0.25, 0.3) is 0 Å². The molecule has 0 bridgehead atoms. The molecule has 3 rings (SSSR count). The molecule has 0 saturated carbocycles. The molecular formula is C22H32N2O3. The monoisotopic (exact) mass is 372 g/mol. The number of carbonyl (C=O) groups is 2. The van der Waals surface area contributed by atoms with Crippen LogP contribution in [-0.2, 0) is 16.0 Å². The van der Waals surface area contributed by atoms with Gasteiger partial charge in [0, 0.05) is 44.4 Å². The largest absolute Gasteiger partial charge is 0.395 e. The summed E-state index contributed by atoms with van der Waals surface area (Å²) in [5.41, 5.74) is 3.78. The Kier molecular flexibility index (Phi) is 6.20. The lowest BCUT2D eigenvalue weighted by Gasteiger charge is -2.48. The van der Waals surface area contributed by atoms with Crippen LogP contribution in [0.1, 0.15) is 48.8 Å². The second kappa shape index (κ2) is 8.42. The van der Waals surface area contributed by atoms with Crippen LogP contribution in [0.4, 0.5) is 0 Å². The van der Waals surface area contributed by atoms with Gasteiger partial charge < -0.3 is 14.9 Å². The lowest BCUT2D eigenvalue weighted by molar-refractivity contribution is -0.143. The number of piperidine rings is 2. The molecule has 5 heteroatoms. The molecule has 1 spiro atoms. The number of benzene rings is 1. The molecule has 5 nitrogen and oxygen atoms in total. The Morgan fingerprint density at radius 3 is 2.74 bits per heavy atom. The molecule has 2 amide bonds. The van der Waals surface area contributed by atoms with Crippen molar-refractivity contribution in [3.63, 3.8) is 0 Å². The number of nitrogens with zero attached hydrogens (tertiary/aromatic N) is 2. The molecule has 148 valence electrons. The maximum atomic E-state index is 12.8. The second-order valence-corrected chi connectivity index (χ2v) is 8.38. The van der Waals surface area contributed by atoms with E-state index in [2.05, 4.69) is 32.0 Å². The summed E-state index contributed by atoms with van der Waals surface area (Å²) in [6.45, 7) is 6.86. The van der Waals surface area contributed by atoms with Crippen molar-refractivity contribution in [3.05, 3.63) is 34.9 Å². The van der Waals surface area contributed by atoms with Gasteiger partial charge in [0.1, 0.15) is 0 Å². The van der Waals surface area contributed by atoms with Gasteiger partial charge in [-0.15, -0.1) is 0 Å². The van der Waals surface area contributed by atoms with E-state index in [1.807, 2.05) is 4.90 Å². The minimum atomic E-state index is 0.000428. The van der Waals surface area contributed by atoms with E-state index >= 15 is 0 Å². The Morgan fingerprint density at radius 1 is 1.19 bits per heavy atom. The van der Waals surface area contributed by atoms with Crippen LogP contribution in [-0.4, -0.2) is 59.5 Å². The predicted octanol–water partition coefficient (Wildman–Crippen LogP) is 2.46. The Labute approximate surface area is 162 Å². The molecule has 27 heavy (non-hydrogen) atoms. The minimum absolute atomic E-state index is 0.000428. The van der Waals surface area contributed by atoms with Crippen LogP contribution in [0.3, 0.4) is 0 Å². The summed E-state index contributed by atoms with van der Waals surface area (Å²) in [6, 6.07) is 6.42. The van der Waals surface area contributed by atoms with Gasteiger partial charge in [0.15, 0.2) is 0 Å². The number of hydrogen-bond donors (Lipinski definition) is 1. The molecule has 1 unspecified atom stereocenters. The van der Waals surface area contributed by atoms with Gasteiger partial charge in [-0.25, -0.2) is 0 Å². The zero-order valence-corrected chi connectivity index (χ0v) is 16.7. The molecule has 2 fully saturated rings. The van der Waals surface area contributed by atoms with Crippen molar-refractivity contribution < 1.29 is 14.7 Å². The topological polar surface area (TPSA) is 60.9 Å². The third kappa shape index (κ3) is 4.70. The lowest BCUT2D eigenvalue weighted by Crippen LogP contribution is -2.55. The molecule has 0 radical (unpaired) electrons. The van der Waals surface area contributed by atoms with E-state index in [1.165, 1.54) is 16.7 Å². The first-order valence-corrected chi connectivity index (χ1v) is 10.1. The number of aliphatic hydroxyl groups excluding tert-OH is 1. The third-order valence-electron chi connectivity index (χ3n) is 6.33. The first kappa shape index (κ1) is 19.9. The van der Waals surface area contributed by atoms with E-state index in [0.717, 1.165) is 38.8 Å². The first-order chi connectivity index (χ1) is 12.9. The molecule has 2 aliphatic heterocycles. The molecule has 1 atom stereocenters. The summed E-state index contributed by atoms with van der Waals surface area (Å²) in [4.78, 5) is 28.7. The number of likely N-dealkylation sites (tertiary alicyclic amines) is 2. The van der Waals surface area contributed by atoms with Gasteiger partial charge in [-0.2, -0.15) is 0 Å². The molecule has 0 aromatic heterocycles. The average molecular weight is 373 g/mol. The van der Waals surface area contributed by atoms with Crippen LogP contribution in [0.2, 0.25) is 0 Å². The van der Waals surface area contributed by atoms with Crippen molar-refractivity contribution in [2.45, 2.75) is 52.4 Å². The highest BCUT2D eigenvalue weighted by molar-refractivity contribution is 5.78. The maximum absolute atomic E-state index is 12.8. The number of hydrogen-bond acceptors (Lipinski definition) is 3. The van der Waals surface area contributed by atoms with Crippen molar-refractivity contribution in [3.8, 4) is 0 Å². The predicted molar refractivity (Wildman–Crippen MR) is 105 cm³/mol. The summed E-state index contributed by atoms with van der Waals surface area (Å²) in [5, 5.41) is 9.22. The molecule has 0 aliphatic carbocycles. The van der Waals surface area contributed by atoms with E-state index in [9.17, 15) is 14.7 Å². The van der Waals surface area contributed by atoms with E-state index < -0.39 is 0 Å². The summed E-state index contributed by atoms with van der Waals surface area (Å²) in [6.07, 6.45) is 4.76. The standard InChI is InChI=1S/C22H32N2O3/c1-17-4-5-19(14-18(17)2)6-7-20(26)23-11-3-9-22(15-23)10-8-21(27)24(16-22)12-13-25/h4-5,14,25H,3,6-13,15-16H2,1-2H3. The Hall–Kier alpha value is -1.88. The molecule has 2 aliphatic rings. The van der Waals surface area contributed by atoms with E-state index in [1.54, 1.807) is 4.90 Å². The van der Waals surface area contributed by atoms with Gasteiger partial charge >= 0.3 is 0 Å². The van der Waals surface area contributed by atoms with Crippen LogP contribution in [0.15, 0.2) is 18.2 Å². The zero-order chi connectivity index (χ0) is 19.4. The summed E-state index contributed by atoms with van der Waals surface area (Å²) >= 11 is 0. The smallest absolute Gasteiger partial charge is 0.222 e. The Morgan fingerprint density at radius 2 is 2.00 bits per heavy atom. The number of carbonyl (C=O) groups excluding carboxylic acids is 2. The number of aryl methyl sites for hydroxylation is 3. The number of amides is 2. The third-order valence-corrected chi connectivity index (χ3v) is 6.33. The van der Waals surface area contributed by atoms with Crippen LogP contribution in [0, 0.1) is 19.3 Å². The minimum Gasteiger partial charge on any atom is -0.395 e. The van der Waals surface area contributed by atoms with E-state index in [4.69, 9.17) is 0 Å². The average Bonchev–Trinajstić information content (AvgIpc) is 2.66. The van der Waals surface area contributed by atoms with E-state index in [-0.39, 0.29) is 23.8 Å². The van der Waals surface area contributed by atoms with Crippen molar-refractivity contribution in [2.75, 3.05) is 32.8 Å². The Bertz CT molecular complexity index is 703. The first-order valence-electron chi connectivity index (χ1n) is 10.1. The molecule has 2 heterocycles. The quantitative estimate of drug-likeness (QED) is 0.864. The summed E-state index contributed by atoms with van der Waals surface area (Å²) in [7, 11) is 0. The molecule has 1 N–H and O–H groups in total. The van der Waals surface area contributed by atoms with Gasteiger partial charge in [-0.05, 0) is 56.2 Å². The molecule has 2 saturated heterocycles. The van der Waals surface area contributed by atoms with E-state index in [0.29, 0.717) is 25.9 Å². The highest BCUT2D eigenvalue weighted by Gasteiger charge is 2.42. The van der Waals surface area contributed by atoms with Crippen molar-refractivity contribution in [1.82, 2.24) is 9.80 Å². The SMILES string of the molecule is Cc1ccc(CCC(=O)N2CCCC3(CCC(=O)N(CCO)C3)C2)cc1C. The second-order valence-electron chi connectivity index (χ2n) is 8.38. The normalized spacial score (nSPS) is 23.1. The van der Waals surface area contributed by atoms with Crippen LogP contribution in [0.5, 0.6) is 0 Å². The van der Waals surface area contributed by atoms with Crippen molar-refractivity contribution >= 4 is 11.8 Å². The van der Waals surface area contributed by atoms with Crippen molar-refractivity contribution in [1.29, 1.82) is 0 Å². The van der Waals surface area contributed by atoms with Gasteiger partial charge in [0.05, 0.1) is 6.61 Å². The summed E-state index contributed by atoms with van der Waals surface area (Å²) < 4.78 is 0. The summed E-state index contributed by atoms with van der Waals surface area (Å²) in [5.74, 6) is 0.353. The number of rotatable bonds is 5. The fraction of sp³-hybridized carbons (Fsp3) is 0.636. The number of β-amino-alcohol motifs (C(OH)–C–C–N with tert-alkyl or cyclic N) is 1. The fourth-order valence-corrected chi connectivity index (χ4v) is 4.55. The van der Waals surface area contributed by atoms with Gasteiger partial charge in [-0.3, -0.25) is 9.59 Å². The van der Waals surface area contributed by atoms with Gasteiger partial charge in [0.25, 0.3) is 0 Å². The Balaban J connectivity index is 1.59. The van der Waals surface area contributed by atoms with Gasteiger partial charge in [0.2, 0.25) is 11.8 Å². The highest BCUT2D eigenvalue weighted by Crippen LogP contribution is 2.39. The maximum Gasteiger partial charge on any atom is 0.222 e. The van der Waals surface area contributed by atoms with Gasteiger partial charge in [-0.1, -0.05) is 18.2 Å². The lowest BCUT2D eigenvalue weighted by atomic mass is 9.73. The zero-order valence-electron chi connectivity index (χ0n) is 16.7. The van der Waals surface area contributed by atoms with Crippen LogP contribution < -0.4 is 0 Å². The molecule has 1 aromatic carbocycles. The van der Waals surface area contributed by atoms with Crippen LogP contribution >= 0.6 is 0 Å². The molecule has 1 aromatic rings. The number of aliphatic hydroxyl groups is 1. The molecular weight excluding hydrogens is 340 g/mol.